The lowest BCUT2D eigenvalue weighted by Crippen LogP contribution is -2.42. The Kier molecular flexibility index (Phi) is 4.96. The van der Waals surface area contributed by atoms with Gasteiger partial charge in [-0.1, -0.05) is 18.3 Å². The van der Waals surface area contributed by atoms with Crippen molar-refractivity contribution in [3.05, 3.63) is 11.1 Å². The number of nitrogens with one attached hydrogen (secondary N) is 1. The number of aromatic amines is 1. The number of piperidine rings is 1. The Bertz CT molecular complexity index is 1160. The van der Waals surface area contributed by atoms with Crippen LogP contribution in [0.15, 0.2) is 0 Å². The SMILES string of the molecule is CC1CCN(c2nnnc3c2sc2[nH+]c(N4CCOCC4)c4c(c23)CC(C)(C)OC4)CC1. The molecule has 32 heavy (non-hydrogen) atoms. The first kappa shape index (κ1) is 20.5. The molecule has 3 aromatic heterocycles. The maximum Gasteiger partial charge on any atom is 0.281 e. The van der Waals surface area contributed by atoms with Gasteiger partial charge in [-0.3, -0.25) is 4.90 Å². The van der Waals surface area contributed by atoms with Crippen LogP contribution in [0.5, 0.6) is 0 Å². The van der Waals surface area contributed by atoms with Crippen LogP contribution >= 0.6 is 11.3 Å². The number of rotatable bonds is 2. The fraction of sp³-hybridized carbons (Fsp3) is 0.652. The van der Waals surface area contributed by atoms with Crippen LogP contribution in [-0.2, 0) is 22.5 Å². The van der Waals surface area contributed by atoms with E-state index in [2.05, 4.69) is 51.0 Å². The largest absolute Gasteiger partial charge is 0.373 e. The monoisotopic (exact) mass is 455 g/mol. The summed E-state index contributed by atoms with van der Waals surface area (Å²) in [7, 11) is 0. The molecule has 6 rings (SSSR count). The quantitative estimate of drug-likeness (QED) is 0.588. The third-order valence-electron chi connectivity index (χ3n) is 7.17. The van der Waals surface area contributed by atoms with Crippen LogP contribution in [-0.4, -0.2) is 60.4 Å². The van der Waals surface area contributed by atoms with Crippen molar-refractivity contribution in [2.24, 2.45) is 5.92 Å². The summed E-state index contributed by atoms with van der Waals surface area (Å²) in [5.41, 5.74) is 3.38. The van der Waals surface area contributed by atoms with Crippen LogP contribution in [0.1, 0.15) is 44.7 Å². The van der Waals surface area contributed by atoms with E-state index in [1.54, 1.807) is 11.3 Å². The molecule has 3 aliphatic heterocycles. The first-order valence-corrected chi connectivity index (χ1v) is 12.6. The Morgan fingerprint density at radius 3 is 2.59 bits per heavy atom. The van der Waals surface area contributed by atoms with Crippen molar-refractivity contribution in [3.8, 4) is 0 Å². The maximum atomic E-state index is 6.26. The number of hydrogen-bond acceptors (Lipinski definition) is 8. The van der Waals surface area contributed by atoms with E-state index in [-0.39, 0.29) is 5.60 Å². The zero-order valence-electron chi connectivity index (χ0n) is 19.1. The summed E-state index contributed by atoms with van der Waals surface area (Å²) >= 11 is 1.77. The minimum Gasteiger partial charge on any atom is -0.373 e. The molecule has 0 aromatic carbocycles. The zero-order valence-corrected chi connectivity index (χ0v) is 19.9. The molecule has 0 saturated carbocycles. The molecule has 2 saturated heterocycles. The van der Waals surface area contributed by atoms with Crippen LogP contribution in [0.2, 0.25) is 0 Å². The third kappa shape index (κ3) is 3.41. The van der Waals surface area contributed by atoms with Gasteiger partial charge in [0.15, 0.2) is 10.6 Å². The molecule has 0 spiro atoms. The molecule has 0 radical (unpaired) electrons. The Labute approximate surface area is 191 Å². The van der Waals surface area contributed by atoms with Gasteiger partial charge in [0.05, 0.1) is 36.4 Å². The second-order valence-electron chi connectivity index (χ2n) is 10.0. The molecular weight excluding hydrogens is 424 g/mol. The smallest absolute Gasteiger partial charge is 0.281 e. The molecule has 0 aliphatic carbocycles. The maximum absolute atomic E-state index is 6.26. The van der Waals surface area contributed by atoms with Crippen LogP contribution in [0, 0.1) is 5.92 Å². The van der Waals surface area contributed by atoms with Gasteiger partial charge in [0.25, 0.3) is 5.82 Å². The van der Waals surface area contributed by atoms with E-state index < -0.39 is 0 Å². The van der Waals surface area contributed by atoms with Crippen LogP contribution < -0.4 is 14.8 Å². The van der Waals surface area contributed by atoms with Gasteiger partial charge in [-0.05, 0) is 43.4 Å². The van der Waals surface area contributed by atoms with Crippen molar-refractivity contribution in [1.82, 2.24) is 15.4 Å². The minimum absolute atomic E-state index is 0.204. The molecule has 3 aliphatic rings. The van der Waals surface area contributed by atoms with Gasteiger partial charge in [0.1, 0.15) is 23.3 Å². The molecule has 9 heteroatoms. The van der Waals surface area contributed by atoms with Gasteiger partial charge in [0, 0.05) is 19.5 Å². The van der Waals surface area contributed by atoms with Gasteiger partial charge in [-0.2, -0.15) is 0 Å². The van der Waals surface area contributed by atoms with Gasteiger partial charge >= 0.3 is 0 Å². The highest BCUT2D eigenvalue weighted by Crippen LogP contribution is 2.43. The molecule has 6 heterocycles. The van der Waals surface area contributed by atoms with Crippen molar-refractivity contribution in [2.45, 2.75) is 52.2 Å². The molecule has 0 bridgehead atoms. The lowest BCUT2D eigenvalue weighted by molar-refractivity contribution is -0.329. The van der Waals surface area contributed by atoms with Gasteiger partial charge < -0.3 is 14.4 Å². The average Bonchev–Trinajstić information content (AvgIpc) is 3.18. The molecule has 8 nitrogen and oxygen atoms in total. The lowest BCUT2D eigenvalue weighted by atomic mass is 9.90. The van der Waals surface area contributed by atoms with Crippen LogP contribution in [0.3, 0.4) is 0 Å². The number of thiophene rings is 1. The summed E-state index contributed by atoms with van der Waals surface area (Å²) in [4.78, 5) is 9.74. The number of anilines is 2. The number of H-pyrrole nitrogens is 1. The number of morpholine rings is 1. The molecule has 2 fully saturated rings. The minimum atomic E-state index is -0.204. The highest BCUT2D eigenvalue weighted by atomic mass is 32.1. The predicted octanol–water partition coefficient (Wildman–Crippen LogP) is 2.98. The normalized spacial score (nSPS) is 22.0. The Hall–Kier alpha value is -2.10. The van der Waals surface area contributed by atoms with E-state index in [1.165, 1.54) is 35.2 Å². The fourth-order valence-electron chi connectivity index (χ4n) is 5.25. The molecule has 3 aromatic rings. The summed E-state index contributed by atoms with van der Waals surface area (Å²) in [6.07, 6.45) is 3.26. The fourth-order valence-corrected chi connectivity index (χ4v) is 6.42. The highest BCUT2D eigenvalue weighted by molar-refractivity contribution is 7.25. The highest BCUT2D eigenvalue weighted by Gasteiger charge is 2.36. The Morgan fingerprint density at radius 1 is 1.03 bits per heavy atom. The topological polar surface area (TPSA) is 77.8 Å². The first-order valence-electron chi connectivity index (χ1n) is 11.7. The number of fused-ring (bicyclic) bond motifs is 5. The molecule has 0 atom stereocenters. The van der Waals surface area contributed by atoms with Crippen molar-refractivity contribution in [2.75, 3.05) is 49.2 Å². The summed E-state index contributed by atoms with van der Waals surface area (Å²) in [6.45, 7) is 12.7. The summed E-state index contributed by atoms with van der Waals surface area (Å²) in [6, 6.07) is 0. The van der Waals surface area contributed by atoms with E-state index >= 15 is 0 Å². The number of hydrogen-bond donors (Lipinski definition) is 0. The number of aromatic nitrogens is 4. The lowest BCUT2D eigenvalue weighted by Gasteiger charge is -2.33. The molecule has 170 valence electrons. The number of ether oxygens (including phenoxy) is 2. The van der Waals surface area contributed by atoms with E-state index in [9.17, 15) is 0 Å². The average molecular weight is 456 g/mol. The van der Waals surface area contributed by atoms with E-state index in [0.29, 0.717) is 6.61 Å². The zero-order chi connectivity index (χ0) is 21.9. The standard InChI is InChI=1S/C23H30N6O2S/c1-14-4-6-28(7-5-14)21-19-18(25-27-26-21)17-15-12-23(2,3)31-13-16(15)20(24-22(17)32-19)29-8-10-30-11-9-29/h14H,4-13H2,1-3H3/p+1. The summed E-state index contributed by atoms with van der Waals surface area (Å²) < 4.78 is 13.0. The first-order chi connectivity index (χ1) is 15.5. The van der Waals surface area contributed by atoms with E-state index in [4.69, 9.17) is 9.47 Å². The van der Waals surface area contributed by atoms with E-state index in [0.717, 1.165) is 72.6 Å². The van der Waals surface area contributed by atoms with Crippen molar-refractivity contribution in [1.29, 1.82) is 0 Å². The second kappa shape index (κ2) is 7.74. The number of pyridine rings is 1. The van der Waals surface area contributed by atoms with Crippen molar-refractivity contribution < 1.29 is 14.5 Å². The van der Waals surface area contributed by atoms with Crippen molar-refractivity contribution >= 4 is 43.4 Å². The molecule has 0 amide bonds. The van der Waals surface area contributed by atoms with E-state index in [1.807, 2.05) is 0 Å². The summed E-state index contributed by atoms with van der Waals surface area (Å²) in [5.74, 6) is 2.94. The Morgan fingerprint density at radius 2 is 1.81 bits per heavy atom. The van der Waals surface area contributed by atoms with Crippen LogP contribution in [0.4, 0.5) is 11.6 Å². The van der Waals surface area contributed by atoms with Gasteiger partial charge in [-0.15, -0.1) is 10.2 Å². The molecular formula is C23H31N6O2S+. The number of nitrogens with zero attached hydrogens (tertiary/aromatic N) is 5. The van der Waals surface area contributed by atoms with Gasteiger partial charge in [-0.25, -0.2) is 4.98 Å². The Balaban J connectivity index is 1.55. The third-order valence-corrected chi connectivity index (χ3v) is 8.26. The molecule has 0 unspecified atom stereocenters. The van der Waals surface area contributed by atoms with Crippen molar-refractivity contribution in [3.63, 3.8) is 0 Å². The summed E-state index contributed by atoms with van der Waals surface area (Å²) in [5, 5.41) is 14.5. The van der Waals surface area contributed by atoms with Gasteiger partial charge in [0.2, 0.25) is 0 Å². The second-order valence-corrected chi connectivity index (χ2v) is 11.0. The predicted molar refractivity (Wildman–Crippen MR) is 125 cm³/mol. The van der Waals surface area contributed by atoms with Crippen LogP contribution in [0.25, 0.3) is 20.4 Å². The molecule has 1 N–H and O–H groups in total.